The third-order valence-electron chi connectivity index (χ3n) is 5.19. The number of hydrogen-bond donors (Lipinski definition) is 2. The van der Waals surface area contributed by atoms with Crippen LogP contribution in [0.25, 0.3) is 0 Å². The number of hydrogen-bond acceptors (Lipinski definition) is 3. The summed E-state index contributed by atoms with van der Waals surface area (Å²) in [6, 6.07) is 9.12. The van der Waals surface area contributed by atoms with Gasteiger partial charge >= 0.3 is 0 Å². The van der Waals surface area contributed by atoms with Gasteiger partial charge in [0.2, 0.25) is 0 Å². The van der Waals surface area contributed by atoms with Crippen molar-refractivity contribution in [2.75, 3.05) is 26.0 Å². The first-order valence-corrected chi connectivity index (χ1v) is 7.96. The van der Waals surface area contributed by atoms with Crippen molar-refractivity contribution in [3.05, 3.63) is 29.8 Å². The van der Waals surface area contributed by atoms with E-state index < -0.39 is 0 Å². The van der Waals surface area contributed by atoms with Crippen molar-refractivity contribution in [1.82, 2.24) is 10.2 Å². The molecule has 0 saturated carbocycles. The van der Waals surface area contributed by atoms with Gasteiger partial charge in [0.15, 0.2) is 0 Å². The molecule has 0 spiro atoms. The van der Waals surface area contributed by atoms with Crippen LogP contribution in [0.3, 0.4) is 0 Å². The highest BCUT2D eigenvalue weighted by Gasteiger charge is 2.38. The van der Waals surface area contributed by atoms with Crippen molar-refractivity contribution in [2.24, 2.45) is 5.92 Å². The van der Waals surface area contributed by atoms with Crippen LogP contribution < -0.4 is 10.6 Å². The van der Waals surface area contributed by atoms with Gasteiger partial charge in [0.05, 0.1) is 5.56 Å². The molecule has 0 aliphatic carbocycles. The number of amides is 1. The number of nitrogens with one attached hydrogen (secondary N) is 2. The second kappa shape index (κ2) is 6.06. The van der Waals surface area contributed by atoms with Crippen LogP contribution in [-0.2, 0) is 0 Å². The number of carbonyl (C=O) groups excluding carboxylic acids is 1. The van der Waals surface area contributed by atoms with Gasteiger partial charge in [-0.2, -0.15) is 0 Å². The van der Waals surface area contributed by atoms with Gasteiger partial charge < -0.3 is 15.5 Å². The Morgan fingerprint density at radius 3 is 2.57 bits per heavy atom. The molecule has 2 bridgehead atoms. The van der Waals surface area contributed by atoms with Crippen LogP contribution in [0.5, 0.6) is 0 Å². The van der Waals surface area contributed by atoms with Gasteiger partial charge in [0.1, 0.15) is 0 Å². The van der Waals surface area contributed by atoms with Gasteiger partial charge in [-0.25, -0.2) is 0 Å². The Labute approximate surface area is 126 Å². The lowest BCUT2D eigenvalue weighted by molar-refractivity contribution is 0.0918. The maximum atomic E-state index is 12.3. The monoisotopic (exact) mass is 287 g/mol. The maximum absolute atomic E-state index is 12.3. The molecule has 2 heterocycles. The minimum absolute atomic E-state index is 0.0335. The Bertz CT molecular complexity index is 503. The van der Waals surface area contributed by atoms with Gasteiger partial charge in [-0.15, -0.1) is 0 Å². The number of anilines is 1. The molecule has 4 nitrogen and oxygen atoms in total. The Morgan fingerprint density at radius 2 is 1.90 bits per heavy atom. The second-order valence-corrected chi connectivity index (χ2v) is 6.39. The maximum Gasteiger partial charge on any atom is 0.253 e. The average molecular weight is 287 g/mol. The van der Waals surface area contributed by atoms with Crippen LogP contribution in [0, 0.1) is 5.92 Å². The van der Waals surface area contributed by atoms with E-state index in [4.69, 9.17) is 0 Å². The molecule has 1 aromatic rings. The summed E-state index contributed by atoms with van der Waals surface area (Å²) >= 11 is 0. The van der Waals surface area contributed by atoms with E-state index in [-0.39, 0.29) is 5.91 Å². The zero-order valence-electron chi connectivity index (χ0n) is 12.9. The molecule has 4 heteroatoms. The Morgan fingerprint density at radius 1 is 1.24 bits per heavy atom. The predicted molar refractivity (Wildman–Crippen MR) is 85.6 cm³/mol. The highest BCUT2D eigenvalue weighted by Crippen LogP contribution is 2.37. The fourth-order valence-electron chi connectivity index (χ4n) is 3.92. The van der Waals surface area contributed by atoms with E-state index in [2.05, 4.69) is 22.6 Å². The molecule has 1 aromatic carbocycles. The molecule has 2 fully saturated rings. The summed E-state index contributed by atoms with van der Waals surface area (Å²) in [5.41, 5.74) is 1.62. The first-order valence-electron chi connectivity index (χ1n) is 7.96. The topological polar surface area (TPSA) is 44.4 Å². The number of nitrogens with zero attached hydrogens (tertiary/aromatic N) is 1. The quantitative estimate of drug-likeness (QED) is 0.893. The normalized spacial score (nSPS) is 28.4. The Hall–Kier alpha value is -1.55. The minimum Gasteiger partial charge on any atom is -0.387 e. The summed E-state index contributed by atoms with van der Waals surface area (Å²) in [6.07, 6.45) is 5.10. The smallest absolute Gasteiger partial charge is 0.253 e. The summed E-state index contributed by atoms with van der Waals surface area (Å²) < 4.78 is 0. The number of carbonyl (C=O) groups is 1. The van der Waals surface area contributed by atoms with Crippen molar-refractivity contribution in [3.8, 4) is 0 Å². The van der Waals surface area contributed by atoms with Crippen molar-refractivity contribution < 1.29 is 4.79 Å². The first kappa shape index (κ1) is 14.4. The van der Waals surface area contributed by atoms with Crippen LogP contribution in [-0.4, -0.2) is 43.5 Å². The largest absolute Gasteiger partial charge is 0.387 e. The third kappa shape index (κ3) is 2.91. The fraction of sp³-hybridized carbons (Fsp3) is 0.588. The van der Waals surface area contributed by atoms with Gasteiger partial charge in [0.25, 0.3) is 5.91 Å². The Balaban J connectivity index is 1.57. The summed E-state index contributed by atoms with van der Waals surface area (Å²) in [5, 5.41) is 6.21. The van der Waals surface area contributed by atoms with Gasteiger partial charge in [-0.1, -0.05) is 12.1 Å². The van der Waals surface area contributed by atoms with Crippen LogP contribution >= 0.6 is 0 Å². The molecular formula is C17H25N3O. The van der Waals surface area contributed by atoms with E-state index in [9.17, 15) is 4.79 Å². The van der Waals surface area contributed by atoms with Crippen molar-refractivity contribution >= 4 is 11.6 Å². The molecule has 2 aliphatic rings. The molecule has 2 atom stereocenters. The van der Waals surface area contributed by atoms with Crippen LogP contribution in [0.2, 0.25) is 0 Å². The van der Waals surface area contributed by atoms with Crippen LogP contribution in [0.15, 0.2) is 24.3 Å². The third-order valence-corrected chi connectivity index (χ3v) is 5.19. The van der Waals surface area contributed by atoms with Gasteiger partial charge in [-0.05, 0) is 50.8 Å². The van der Waals surface area contributed by atoms with Crippen LogP contribution in [0.1, 0.15) is 36.0 Å². The second-order valence-electron chi connectivity index (χ2n) is 6.39. The number of fused-ring (bicyclic) bond motifs is 2. The fourth-order valence-corrected chi connectivity index (χ4v) is 3.92. The standard InChI is InChI=1S/C17H25N3O/c1-18-16-6-4-3-5-15(16)17(21)19-11-12-9-13-7-8-14(10-12)20(13)2/h3-6,12-14,18H,7-11H2,1-2H3,(H,19,21). The first-order chi connectivity index (χ1) is 10.2. The van der Waals surface area contributed by atoms with E-state index in [0.29, 0.717) is 5.92 Å². The molecule has 114 valence electrons. The molecule has 2 N–H and O–H groups in total. The van der Waals surface area contributed by atoms with E-state index in [0.717, 1.165) is 29.9 Å². The van der Waals surface area contributed by atoms with Crippen LogP contribution in [0.4, 0.5) is 5.69 Å². The van der Waals surface area contributed by atoms with Gasteiger partial charge in [-0.3, -0.25) is 4.79 Å². The molecule has 21 heavy (non-hydrogen) atoms. The van der Waals surface area contributed by atoms with Crippen molar-refractivity contribution in [2.45, 2.75) is 37.8 Å². The van der Waals surface area contributed by atoms with E-state index in [1.54, 1.807) is 0 Å². The molecular weight excluding hydrogens is 262 g/mol. The van der Waals surface area contributed by atoms with E-state index in [1.165, 1.54) is 25.7 Å². The lowest BCUT2D eigenvalue weighted by atomic mass is 9.91. The highest BCUT2D eigenvalue weighted by molar-refractivity contribution is 5.99. The Kier molecular flexibility index (Phi) is 4.15. The molecule has 0 aromatic heterocycles. The average Bonchev–Trinajstić information content (AvgIpc) is 2.74. The van der Waals surface area contributed by atoms with E-state index in [1.807, 2.05) is 31.3 Å². The number of piperidine rings is 1. The lowest BCUT2D eigenvalue weighted by Crippen LogP contribution is -2.43. The molecule has 0 radical (unpaired) electrons. The predicted octanol–water partition coefficient (Wildman–Crippen LogP) is 2.33. The SMILES string of the molecule is CNc1ccccc1C(=O)NCC1CC2CCC(C1)N2C. The van der Waals surface area contributed by atoms with Crippen molar-refractivity contribution in [3.63, 3.8) is 0 Å². The zero-order chi connectivity index (χ0) is 14.8. The van der Waals surface area contributed by atoms with E-state index >= 15 is 0 Å². The molecule has 2 unspecified atom stereocenters. The van der Waals surface area contributed by atoms with Gasteiger partial charge in [0, 0.05) is 31.4 Å². The zero-order valence-corrected chi connectivity index (χ0v) is 12.9. The highest BCUT2D eigenvalue weighted by atomic mass is 16.1. The number of para-hydroxylation sites is 1. The number of benzene rings is 1. The summed E-state index contributed by atoms with van der Waals surface area (Å²) in [4.78, 5) is 14.9. The summed E-state index contributed by atoms with van der Waals surface area (Å²) in [6.45, 7) is 0.803. The molecule has 3 rings (SSSR count). The summed E-state index contributed by atoms with van der Waals surface area (Å²) in [5.74, 6) is 0.663. The molecule has 2 saturated heterocycles. The number of rotatable bonds is 4. The molecule has 1 amide bonds. The minimum atomic E-state index is 0.0335. The van der Waals surface area contributed by atoms with Crippen molar-refractivity contribution in [1.29, 1.82) is 0 Å². The lowest BCUT2D eigenvalue weighted by Gasteiger charge is -2.36. The summed E-state index contributed by atoms with van der Waals surface area (Å²) in [7, 11) is 4.10. The molecule has 2 aliphatic heterocycles.